The van der Waals surface area contributed by atoms with E-state index in [0.29, 0.717) is 34.3 Å². The lowest BCUT2D eigenvalue weighted by molar-refractivity contribution is -0.140. The molecule has 0 aliphatic carbocycles. The summed E-state index contributed by atoms with van der Waals surface area (Å²) in [4.78, 5) is 28.8. The second-order valence-electron chi connectivity index (χ2n) is 9.99. The van der Waals surface area contributed by atoms with Crippen LogP contribution in [0.15, 0.2) is 77.7 Å². The summed E-state index contributed by atoms with van der Waals surface area (Å²) in [5.41, 5.74) is 1.95. The van der Waals surface area contributed by atoms with Crippen molar-refractivity contribution in [1.29, 1.82) is 0 Å². The number of sulfonamides is 1. The van der Waals surface area contributed by atoms with E-state index in [9.17, 15) is 18.0 Å². The summed E-state index contributed by atoms with van der Waals surface area (Å²) in [6.07, 6.45) is 0.326. The third kappa shape index (κ3) is 7.99. The average molecular weight is 605 g/mol. The number of hydrogen-bond donors (Lipinski definition) is 1. The number of carbonyl (C=O) groups excluding carboxylic acids is 2. The minimum atomic E-state index is -4.11. The van der Waals surface area contributed by atoms with Crippen LogP contribution in [0.1, 0.15) is 38.3 Å². The normalized spacial score (nSPS) is 12.2. The summed E-state index contributed by atoms with van der Waals surface area (Å²) in [7, 11) is -4.11. The molecule has 7 nitrogen and oxygen atoms in total. The number of nitrogens with one attached hydrogen (secondary N) is 1. The van der Waals surface area contributed by atoms with Gasteiger partial charge in [-0.25, -0.2) is 8.42 Å². The van der Waals surface area contributed by atoms with Crippen molar-refractivity contribution < 1.29 is 18.0 Å². The molecular weight excluding hydrogens is 569 g/mol. The lowest BCUT2D eigenvalue weighted by Crippen LogP contribution is -2.52. The molecule has 10 heteroatoms. The molecular formula is C30H35Cl2N3O4S. The number of halogens is 2. The highest BCUT2D eigenvalue weighted by atomic mass is 35.5. The highest BCUT2D eigenvalue weighted by Gasteiger charge is 2.33. The van der Waals surface area contributed by atoms with Crippen LogP contribution in [-0.2, 0) is 26.2 Å². The van der Waals surface area contributed by atoms with Crippen LogP contribution < -0.4 is 9.62 Å². The highest BCUT2D eigenvalue weighted by Crippen LogP contribution is 2.27. The minimum absolute atomic E-state index is 0.0381. The zero-order valence-corrected chi connectivity index (χ0v) is 25.4. The van der Waals surface area contributed by atoms with Gasteiger partial charge in [0.25, 0.3) is 10.0 Å². The van der Waals surface area contributed by atoms with Gasteiger partial charge in [-0.15, -0.1) is 0 Å². The van der Waals surface area contributed by atoms with E-state index in [1.807, 2.05) is 27.7 Å². The Kier molecular flexibility index (Phi) is 11.0. The van der Waals surface area contributed by atoms with Gasteiger partial charge in [0.05, 0.1) is 20.6 Å². The van der Waals surface area contributed by atoms with Crippen molar-refractivity contribution in [3.63, 3.8) is 0 Å². The van der Waals surface area contributed by atoms with Crippen LogP contribution in [0.3, 0.4) is 0 Å². The largest absolute Gasteiger partial charge is 0.354 e. The minimum Gasteiger partial charge on any atom is -0.354 e. The molecule has 1 atom stereocenters. The number of hydrogen-bond acceptors (Lipinski definition) is 4. The molecule has 0 aliphatic heterocycles. The molecule has 0 aromatic heterocycles. The summed E-state index contributed by atoms with van der Waals surface area (Å²) in [6.45, 7) is 7.65. The Balaban J connectivity index is 2.04. The van der Waals surface area contributed by atoms with E-state index in [1.165, 1.54) is 17.0 Å². The molecule has 3 aromatic rings. The predicted molar refractivity (Wildman–Crippen MR) is 161 cm³/mol. The van der Waals surface area contributed by atoms with E-state index in [0.717, 1.165) is 9.87 Å². The Morgan fingerprint density at radius 1 is 0.925 bits per heavy atom. The summed E-state index contributed by atoms with van der Waals surface area (Å²) >= 11 is 12.3. The van der Waals surface area contributed by atoms with E-state index < -0.39 is 28.5 Å². The molecule has 0 bridgehead atoms. The SMILES string of the molecule is CC[C@H](C(=O)NCC(C)C)N(Cc1ccc(Cl)c(Cl)c1)C(=O)CN(c1ccc(C)cc1)S(=O)(=O)c1ccccc1. The van der Waals surface area contributed by atoms with E-state index in [4.69, 9.17) is 23.2 Å². The first-order valence-electron chi connectivity index (χ1n) is 13.1. The monoisotopic (exact) mass is 603 g/mol. The second-order valence-corrected chi connectivity index (χ2v) is 12.7. The summed E-state index contributed by atoms with van der Waals surface area (Å²) in [5.74, 6) is -0.621. The van der Waals surface area contributed by atoms with Crippen molar-refractivity contribution in [3.05, 3.63) is 94.0 Å². The van der Waals surface area contributed by atoms with Gasteiger partial charge in [0, 0.05) is 13.1 Å². The molecule has 0 unspecified atom stereocenters. The first-order valence-corrected chi connectivity index (χ1v) is 15.3. The fourth-order valence-electron chi connectivity index (χ4n) is 4.14. The molecule has 0 aliphatic rings. The fraction of sp³-hybridized carbons (Fsp3) is 0.333. The number of rotatable bonds is 12. The number of anilines is 1. The standard InChI is InChI=1S/C30H35Cl2N3O4S/c1-5-28(30(37)33-18-21(2)3)34(19-23-13-16-26(31)27(32)17-23)29(36)20-35(24-14-11-22(4)12-15-24)40(38,39)25-9-7-6-8-10-25/h6-17,21,28H,5,18-20H2,1-4H3,(H,33,37)/t28-/m1/s1. The van der Waals surface area contributed by atoms with Gasteiger partial charge in [-0.05, 0) is 61.2 Å². The van der Waals surface area contributed by atoms with Crippen LogP contribution in [-0.4, -0.2) is 44.3 Å². The van der Waals surface area contributed by atoms with Crippen LogP contribution >= 0.6 is 23.2 Å². The molecule has 2 amide bonds. The maximum absolute atomic E-state index is 14.1. The van der Waals surface area contributed by atoms with Crippen molar-refractivity contribution in [2.45, 2.75) is 51.6 Å². The van der Waals surface area contributed by atoms with Crippen LogP contribution in [0, 0.1) is 12.8 Å². The lowest BCUT2D eigenvalue weighted by atomic mass is 10.1. The van der Waals surface area contributed by atoms with Crippen molar-refractivity contribution in [1.82, 2.24) is 10.2 Å². The van der Waals surface area contributed by atoms with Crippen LogP contribution in [0.2, 0.25) is 10.0 Å². The molecule has 0 saturated carbocycles. The molecule has 1 N–H and O–H groups in total. The number of aryl methyl sites for hydroxylation is 1. The molecule has 0 fully saturated rings. The van der Waals surface area contributed by atoms with Gasteiger partial charge in [-0.2, -0.15) is 0 Å². The topological polar surface area (TPSA) is 86.8 Å². The third-order valence-corrected chi connectivity index (χ3v) is 8.87. The maximum Gasteiger partial charge on any atom is 0.264 e. The Morgan fingerprint density at radius 3 is 2.15 bits per heavy atom. The van der Waals surface area contributed by atoms with Gasteiger partial charge in [0.1, 0.15) is 12.6 Å². The molecule has 0 heterocycles. The Labute approximate surface area is 247 Å². The average Bonchev–Trinajstić information content (AvgIpc) is 2.93. The quantitative estimate of drug-likeness (QED) is 0.272. The second kappa shape index (κ2) is 14.0. The van der Waals surface area contributed by atoms with Crippen molar-refractivity contribution in [2.75, 3.05) is 17.4 Å². The van der Waals surface area contributed by atoms with E-state index in [1.54, 1.807) is 60.7 Å². The zero-order valence-electron chi connectivity index (χ0n) is 23.1. The Hall–Kier alpha value is -3.07. The first kappa shape index (κ1) is 31.5. The van der Waals surface area contributed by atoms with Gasteiger partial charge < -0.3 is 10.2 Å². The van der Waals surface area contributed by atoms with Gasteiger partial charge in [0.2, 0.25) is 11.8 Å². The van der Waals surface area contributed by atoms with Gasteiger partial charge in [0.15, 0.2) is 0 Å². The molecule has 214 valence electrons. The zero-order chi connectivity index (χ0) is 29.4. The van der Waals surface area contributed by atoms with Crippen molar-refractivity contribution in [3.8, 4) is 0 Å². The fourth-order valence-corrected chi connectivity index (χ4v) is 5.89. The summed E-state index contributed by atoms with van der Waals surface area (Å²) < 4.78 is 28.7. The smallest absolute Gasteiger partial charge is 0.264 e. The summed E-state index contributed by atoms with van der Waals surface area (Å²) in [5, 5.41) is 3.59. The van der Waals surface area contributed by atoms with Crippen LogP contribution in [0.5, 0.6) is 0 Å². The molecule has 0 spiro atoms. The van der Waals surface area contributed by atoms with E-state index in [2.05, 4.69) is 5.32 Å². The third-order valence-electron chi connectivity index (χ3n) is 6.34. The lowest BCUT2D eigenvalue weighted by Gasteiger charge is -2.33. The predicted octanol–water partition coefficient (Wildman–Crippen LogP) is 6.08. The Bertz CT molecular complexity index is 1410. The van der Waals surface area contributed by atoms with Gasteiger partial charge in [-0.1, -0.05) is 85.9 Å². The van der Waals surface area contributed by atoms with E-state index in [-0.39, 0.29) is 23.3 Å². The van der Waals surface area contributed by atoms with Gasteiger partial charge in [-0.3, -0.25) is 13.9 Å². The number of benzene rings is 3. The van der Waals surface area contributed by atoms with E-state index >= 15 is 0 Å². The van der Waals surface area contributed by atoms with Crippen LogP contribution in [0.25, 0.3) is 0 Å². The van der Waals surface area contributed by atoms with Crippen LogP contribution in [0.4, 0.5) is 5.69 Å². The first-order chi connectivity index (χ1) is 18.9. The molecule has 0 saturated heterocycles. The molecule has 3 aromatic carbocycles. The maximum atomic E-state index is 14.1. The van der Waals surface area contributed by atoms with Crippen molar-refractivity contribution >= 4 is 50.7 Å². The number of nitrogens with zero attached hydrogens (tertiary/aromatic N) is 2. The number of carbonyl (C=O) groups is 2. The molecule has 40 heavy (non-hydrogen) atoms. The molecule has 0 radical (unpaired) electrons. The number of amides is 2. The summed E-state index contributed by atoms with van der Waals surface area (Å²) in [6, 6.07) is 19.0. The highest BCUT2D eigenvalue weighted by molar-refractivity contribution is 7.92. The van der Waals surface area contributed by atoms with Crippen molar-refractivity contribution in [2.24, 2.45) is 5.92 Å². The molecule has 3 rings (SSSR count). The van der Waals surface area contributed by atoms with Gasteiger partial charge >= 0.3 is 0 Å². The Morgan fingerprint density at radius 2 is 1.57 bits per heavy atom.